The quantitative estimate of drug-likeness (QED) is 0.782. The summed E-state index contributed by atoms with van der Waals surface area (Å²) in [6.45, 7) is 0. The molecule has 1 aromatic carbocycles. The molecule has 3 nitrogen and oxygen atoms in total. The second-order valence-electron chi connectivity index (χ2n) is 2.80. The van der Waals surface area contributed by atoms with Crippen LogP contribution in [0.5, 0.6) is 0 Å². The average Bonchev–Trinajstić information content (AvgIpc) is 2.17. The zero-order chi connectivity index (χ0) is 10.1. The van der Waals surface area contributed by atoms with E-state index >= 15 is 0 Å². The zero-order valence-electron chi connectivity index (χ0n) is 7.07. The Morgan fingerprint density at radius 1 is 1.29 bits per heavy atom. The lowest BCUT2D eigenvalue weighted by molar-refractivity contribution is 0.0693. The highest BCUT2D eigenvalue weighted by molar-refractivity contribution is 6.35. The van der Waals surface area contributed by atoms with Gasteiger partial charge in [0.25, 0.3) is 0 Å². The van der Waals surface area contributed by atoms with Crippen LogP contribution in [0.3, 0.4) is 0 Å². The van der Waals surface area contributed by atoms with E-state index in [2.05, 4.69) is 4.98 Å². The molecule has 4 heteroatoms. The third-order valence-electron chi connectivity index (χ3n) is 1.96. The number of halogens is 1. The molecule has 0 fully saturated rings. The van der Waals surface area contributed by atoms with Crippen molar-refractivity contribution in [3.05, 3.63) is 41.2 Å². The molecule has 0 aliphatic rings. The number of hydrogen-bond acceptors (Lipinski definition) is 2. The molecule has 1 heterocycles. The van der Waals surface area contributed by atoms with E-state index in [1.807, 2.05) is 0 Å². The lowest BCUT2D eigenvalue weighted by Gasteiger charge is -2.02. The third kappa shape index (κ3) is 1.32. The van der Waals surface area contributed by atoms with Crippen molar-refractivity contribution in [2.45, 2.75) is 0 Å². The fourth-order valence-electron chi connectivity index (χ4n) is 1.34. The molecule has 1 N–H and O–H groups in total. The topological polar surface area (TPSA) is 50.2 Å². The van der Waals surface area contributed by atoms with E-state index in [1.54, 1.807) is 24.3 Å². The fourth-order valence-corrected chi connectivity index (χ4v) is 1.58. The number of nitrogens with zero attached hydrogens (tertiary/aromatic N) is 1. The SMILES string of the molecule is O=C(O)c1nccc2c(Cl)cccc12. The third-order valence-corrected chi connectivity index (χ3v) is 2.29. The van der Waals surface area contributed by atoms with Gasteiger partial charge in [-0.3, -0.25) is 0 Å². The highest BCUT2D eigenvalue weighted by Gasteiger charge is 2.10. The molecule has 0 amide bonds. The molecular weight excluding hydrogens is 202 g/mol. The van der Waals surface area contributed by atoms with Crippen molar-refractivity contribution >= 4 is 28.3 Å². The Bertz CT molecular complexity index is 510. The molecule has 1 aromatic heterocycles. The van der Waals surface area contributed by atoms with Crippen LogP contribution in [-0.2, 0) is 0 Å². The largest absolute Gasteiger partial charge is 0.476 e. The van der Waals surface area contributed by atoms with Gasteiger partial charge in [0.1, 0.15) is 0 Å². The van der Waals surface area contributed by atoms with Gasteiger partial charge in [-0.1, -0.05) is 23.7 Å². The van der Waals surface area contributed by atoms with Gasteiger partial charge in [-0.2, -0.15) is 0 Å². The molecule has 70 valence electrons. The molecule has 0 aliphatic heterocycles. The Labute approximate surface area is 85.0 Å². The number of pyridine rings is 1. The van der Waals surface area contributed by atoms with Gasteiger partial charge in [0.2, 0.25) is 0 Å². The molecule has 0 atom stereocenters. The molecule has 0 radical (unpaired) electrons. The molecule has 0 bridgehead atoms. The van der Waals surface area contributed by atoms with Crippen LogP contribution in [-0.4, -0.2) is 16.1 Å². The zero-order valence-corrected chi connectivity index (χ0v) is 7.82. The van der Waals surface area contributed by atoms with E-state index in [0.29, 0.717) is 15.8 Å². The Kier molecular flexibility index (Phi) is 2.09. The molecule has 0 saturated heterocycles. The van der Waals surface area contributed by atoms with Crippen molar-refractivity contribution in [2.75, 3.05) is 0 Å². The van der Waals surface area contributed by atoms with E-state index < -0.39 is 5.97 Å². The van der Waals surface area contributed by atoms with Crippen LogP contribution >= 0.6 is 11.6 Å². The van der Waals surface area contributed by atoms with Crippen LogP contribution in [0.25, 0.3) is 10.8 Å². The first-order valence-corrected chi connectivity index (χ1v) is 4.34. The summed E-state index contributed by atoms with van der Waals surface area (Å²) in [5.74, 6) is -1.04. The highest BCUT2D eigenvalue weighted by Crippen LogP contribution is 2.24. The smallest absolute Gasteiger partial charge is 0.355 e. The maximum Gasteiger partial charge on any atom is 0.355 e. The standard InChI is InChI=1S/C10H6ClNO2/c11-8-3-1-2-7-6(8)4-5-12-9(7)10(13)14/h1-5H,(H,13,14). The van der Waals surface area contributed by atoms with E-state index in [0.717, 1.165) is 0 Å². The van der Waals surface area contributed by atoms with Crippen LogP contribution in [0.15, 0.2) is 30.5 Å². The van der Waals surface area contributed by atoms with Gasteiger partial charge in [0.15, 0.2) is 5.69 Å². The predicted octanol–water partition coefficient (Wildman–Crippen LogP) is 2.59. The van der Waals surface area contributed by atoms with Crippen LogP contribution in [0.2, 0.25) is 5.02 Å². The maximum atomic E-state index is 10.8. The second kappa shape index (κ2) is 3.27. The summed E-state index contributed by atoms with van der Waals surface area (Å²) in [5, 5.41) is 10.7. The van der Waals surface area contributed by atoms with E-state index in [9.17, 15) is 4.79 Å². The molecule has 2 rings (SSSR count). The summed E-state index contributed by atoms with van der Waals surface area (Å²) < 4.78 is 0. The minimum Gasteiger partial charge on any atom is -0.476 e. The number of aromatic carboxylic acids is 1. The Morgan fingerprint density at radius 2 is 2.07 bits per heavy atom. The molecule has 0 saturated carbocycles. The fraction of sp³-hybridized carbons (Fsp3) is 0. The summed E-state index contributed by atoms with van der Waals surface area (Å²) in [4.78, 5) is 14.6. The summed E-state index contributed by atoms with van der Waals surface area (Å²) >= 11 is 5.91. The van der Waals surface area contributed by atoms with Gasteiger partial charge < -0.3 is 5.11 Å². The van der Waals surface area contributed by atoms with Crippen molar-refractivity contribution in [1.29, 1.82) is 0 Å². The van der Waals surface area contributed by atoms with E-state index in [4.69, 9.17) is 16.7 Å². The molecule has 0 spiro atoms. The van der Waals surface area contributed by atoms with Gasteiger partial charge in [-0.25, -0.2) is 9.78 Å². The monoisotopic (exact) mass is 207 g/mol. The van der Waals surface area contributed by atoms with E-state index in [1.165, 1.54) is 6.20 Å². The lowest BCUT2D eigenvalue weighted by atomic mass is 10.1. The van der Waals surface area contributed by atoms with Crippen LogP contribution in [0.1, 0.15) is 10.5 Å². The van der Waals surface area contributed by atoms with Gasteiger partial charge in [0, 0.05) is 22.0 Å². The summed E-state index contributed by atoms with van der Waals surface area (Å²) in [5.41, 5.74) is 0.0324. The highest BCUT2D eigenvalue weighted by atomic mass is 35.5. The van der Waals surface area contributed by atoms with E-state index in [-0.39, 0.29) is 5.69 Å². The average molecular weight is 208 g/mol. The van der Waals surface area contributed by atoms with Crippen molar-refractivity contribution in [3.63, 3.8) is 0 Å². The van der Waals surface area contributed by atoms with Gasteiger partial charge >= 0.3 is 5.97 Å². The summed E-state index contributed by atoms with van der Waals surface area (Å²) in [7, 11) is 0. The van der Waals surface area contributed by atoms with Gasteiger partial charge in [-0.05, 0) is 12.1 Å². The minimum absolute atomic E-state index is 0.0324. The van der Waals surface area contributed by atoms with Crippen molar-refractivity contribution < 1.29 is 9.90 Å². The Hall–Kier alpha value is -1.61. The minimum atomic E-state index is -1.04. The van der Waals surface area contributed by atoms with Crippen molar-refractivity contribution in [3.8, 4) is 0 Å². The Morgan fingerprint density at radius 3 is 2.79 bits per heavy atom. The first-order chi connectivity index (χ1) is 6.70. The number of rotatable bonds is 1. The molecular formula is C10H6ClNO2. The summed E-state index contributed by atoms with van der Waals surface area (Å²) in [6, 6.07) is 6.82. The van der Waals surface area contributed by atoms with Crippen molar-refractivity contribution in [2.24, 2.45) is 0 Å². The lowest BCUT2D eigenvalue weighted by Crippen LogP contribution is -2.00. The number of fused-ring (bicyclic) bond motifs is 1. The second-order valence-corrected chi connectivity index (χ2v) is 3.21. The maximum absolute atomic E-state index is 10.8. The first kappa shape index (κ1) is 8.97. The predicted molar refractivity (Wildman–Crippen MR) is 53.7 cm³/mol. The molecule has 2 aromatic rings. The Balaban J connectivity index is 2.88. The molecule has 14 heavy (non-hydrogen) atoms. The molecule has 0 aliphatic carbocycles. The first-order valence-electron chi connectivity index (χ1n) is 3.96. The normalized spacial score (nSPS) is 10.4. The van der Waals surface area contributed by atoms with Crippen LogP contribution in [0.4, 0.5) is 0 Å². The number of carboxylic acids is 1. The number of hydrogen-bond donors (Lipinski definition) is 1. The number of aromatic nitrogens is 1. The van der Waals surface area contributed by atoms with Crippen molar-refractivity contribution in [1.82, 2.24) is 4.98 Å². The van der Waals surface area contributed by atoms with Crippen LogP contribution < -0.4 is 0 Å². The van der Waals surface area contributed by atoms with Crippen LogP contribution in [0, 0.1) is 0 Å². The summed E-state index contributed by atoms with van der Waals surface area (Å²) in [6.07, 6.45) is 1.44. The number of carboxylic acid groups (broad SMARTS) is 1. The van der Waals surface area contributed by atoms with Gasteiger partial charge in [0.05, 0.1) is 0 Å². The molecule has 0 unspecified atom stereocenters. The number of carbonyl (C=O) groups is 1. The van der Waals surface area contributed by atoms with Gasteiger partial charge in [-0.15, -0.1) is 0 Å². The number of benzene rings is 1.